The van der Waals surface area contributed by atoms with Crippen LogP contribution in [-0.2, 0) is 21.5 Å². The van der Waals surface area contributed by atoms with Crippen molar-refractivity contribution in [3.63, 3.8) is 0 Å². The highest BCUT2D eigenvalue weighted by Crippen LogP contribution is 2.41. The smallest absolute Gasteiger partial charge is 0.330 e. The summed E-state index contributed by atoms with van der Waals surface area (Å²) in [6, 6.07) is 38.8. The molecule has 0 amide bonds. The first-order valence-electron chi connectivity index (χ1n) is 14.5. The average Bonchev–Trinajstić information content (AvgIpc) is 3.47. The molecule has 220 valence electrons. The molecule has 9 nitrogen and oxygen atoms in total. The molecule has 0 saturated carbocycles. The summed E-state index contributed by atoms with van der Waals surface area (Å²) in [4.78, 5) is 31.1. The number of aromatic nitrogens is 2. The lowest BCUT2D eigenvalue weighted by Crippen LogP contribution is -2.38. The number of nitrogens with one attached hydrogen (secondary N) is 1. The van der Waals surface area contributed by atoms with Crippen LogP contribution >= 0.6 is 0 Å². The Morgan fingerprint density at radius 2 is 1.36 bits per heavy atom. The van der Waals surface area contributed by atoms with Gasteiger partial charge < -0.3 is 9.47 Å². The summed E-state index contributed by atoms with van der Waals surface area (Å²) in [6.45, 7) is 0.0633. The van der Waals surface area contributed by atoms with E-state index in [9.17, 15) is 15.1 Å². The molecule has 1 saturated heterocycles. The second-order valence-corrected chi connectivity index (χ2v) is 10.7. The van der Waals surface area contributed by atoms with Gasteiger partial charge in [0.05, 0.1) is 18.8 Å². The zero-order valence-corrected chi connectivity index (χ0v) is 23.9. The first kappa shape index (κ1) is 28.9. The molecule has 0 spiro atoms. The molecule has 1 N–H and O–H groups in total. The van der Waals surface area contributed by atoms with Crippen molar-refractivity contribution >= 4 is 0 Å². The maximum atomic E-state index is 13.0. The van der Waals surface area contributed by atoms with Crippen LogP contribution in [0.3, 0.4) is 0 Å². The fourth-order valence-corrected chi connectivity index (χ4v) is 5.88. The zero-order valence-electron chi connectivity index (χ0n) is 23.9. The van der Waals surface area contributed by atoms with E-state index in [4.69, 9.17) is 9.47 Å². The van der Waals surface area contributed by atoms with E-state index in [1.165, 1.54) is 10.8 Å². The molecular formula is C35H31N5O4. The summed E-state index contributed by atoms with van der Waals surface area (Å²) in [5.74, 6) is 0. The third-order valence-electron chi connectivity index (χ3n) is 8.00. The van der Waals surface area contributed by atoms with Crippen LogP contribution in [0.4, 0.5) is 0 Å². The first-order chi connectivity index (χ1) is 21.6. The second-order valence-electron chi connectivity index (χ2n) is 10.7. The van der Waals surface area contributed by atoms with Crippen molar-refractivity contribution in [2.75, 3.05) is 6.61 Å². The predicted molar refractivity (Wildman–Crippen MR) is 167 cm³/mol. The zero-order chi connectivity index (χ0) is 30.4. The number of rotatable bonds is 10. The maximum Gasteiger partial charge on any atom is 0.330 e. The van der Waals surface area contributed by atoms with Crippen molar-refractivity contribution in [2.45, 2.75) is 36.8 Å². The Balaban J connectivity index is 1.34. The van der Waals surface area contributed by atoms with E-state index in [-0.39, 0.29) is 13.0 Å². The number of benzene rings is 4. The van der Waals surface area contributed by atoms with E-state index in [1.807, 2.05) is 121 Å². The minimum atomic E-state index is -0.996. The summed E-state index contributed by atoms with van der Waals surface area (Å²) in [5.41, 5.74) is 11.5. The normalized spacial score (nSPS) is 18.0. The van der Waals surface area contributed by atoms with E-state index < -0.39 is 35.2 Å². The molecule has 1 aliphatic heterocycles. The summed E-state index contributed by atoms with van der Waals surface area (Å²) in [5, 5.41) is 4.03. The Hall–Kier alpha value is -5.21. The standard InChI is InChI=1S/C35H31N5O4/c36-39-38-30-22-32(40-23-26(33(41)37-34(40)42)21-25-13-5-1-6-14-25)44-31(30)24-43-35(27-15-7-2-8-16-27,28-17-9-3-10-18-28)29-19-11-4-12-20-29/h1-20,23,30-32H,21-22,24H2,(H,37,41,42)/t30-,31-,32-/m1/s1. The van der Waals surface area contributed by atoms with Crippen LogP contribution in [0.2, 0.25) is 0 Å². The van der Waals surface area contributed by atoms with Gasteiger partial charge in [0, 0.05) is 29.5 Å². The van der Waals surface area contributed by atoms with Crippen molar-refractivity contribution in [3.05, 3.63) is 187 Å². The van der Waals surface area contributed by atoms with Gasteiger partial charge in [0.15, 0.2) is 0 Å². The molecule has 1 fully saturated rings. The molecule has 0 aliphatic carbocycles. The van der Waals surface area contributed by atoms with E-state index in [0.29, 0.717) is 12.0 Å². The molecule has 3 atom stereocenters. The van der Waals surface area contributed by atoms with Gasteiger partial charge in [-0.2, -0.15) is 0 Å². The molecule has 0 unspecified atom stereocenters. The van der Waals surface area contributed by atoms with Gasteiger partial charge in [-0.15, -0.1) is 0 Å². The highest BCUT2D eigenvalue weighted by Gasteiger charge is 2.42. The molecule has 2 heterocycles. The number of aromatic amines is 1. The number of ether oxygens (including phenoxy) is 2. The van der Waals surface area contributed by atoms with Crippen LogP contribution in [0.15, 0.2) is 142 Å². The van der Waals surface area contributed by atoms with E-state index in [1.54, 1.807) is 0 Å². The average molecular weight is 586 g/mol. The Morgan fingerprint density at radius 1 is 0.841 bits per heavy atom. The van der Waals surface area contributed by atoms with Gasteiger partial charge in [0.1, 0.15) is 11.8 Å². The van der Waals surface area contributed by atoms with Gasteiger partial charge in [-0.05, 0) is 27.8 Å². The maximum absolute atomic E-state index is 13.0. The van der Waals surface area contributed by atoms with Crippen molar-refractivity contribution in [1.29, 1.82) is 0 Å². The van der Waals surface area contributed by atoms with E-state index >= 15 is 0 Å². The Morgan fingerprint density at radius 3 is 1.89 bits per heavy atom. The SMILES string of the molecule is [N-]=[N+]=N[C@@H]1C[C@H](n2cc(Cc3ccccc3)c(=O)[nH]c2=O)O[C@@H]1COC(c1ccccc1)(c1ccccc1)c1ccccc1. The van der Waals surface area contributed by atoms with E-state index in [2.05, 4.69) is 15.0 Å². The number of H-pyrrole nitrogens is 1. The Kier molecular flexibility index (Phi) is 8.52. The van der Waals surface area contributed by atoms with Gasteiger partial charge in [-0.1, -0.05) is 126 Å². The summed E-state index contributed by atoms with van der Waals surface area (Å²) in [7, 11) is 0. The van der Waals surface area contributed by atoms with Crippen LogP contribution < -0.4 is 11.2 Å². The van der Waals surface area contributed by atoms with Crippen LogP contribution in [-0.4, -0.2) is 28.3 Å². The highest BCUT2D eigenvalue weighted by atomic mass is 16.6. The second kappa shape index (κ2) is 13.0. The van der Waals surface area contributed by atoms with Crippen molar-refractivity contribution in [3.8, 4) is 0 Å². The first-order valence-corrected chi connectivity index (χ1v) is 14.5. The number of hydrogen-bond acceptors (Lipinski definition) is 5. The molecular weight excluding hydrogens is 554 g/mol. The fourth-order valence-electron chi connectivity index (χ4n) is 5.88. The van der Waals surface area contributed by atoms with Gasteiger partial charge in [0.25, 0.3) is 5.56 Å². The lowest BCUT2D eigenvalue weighted by atomic mass is 9.80. The topological polar surface area (TPSA) is 122 Å². The number of hydrogen-bond donors (Lipinski definition) is 1. The Bertz CT molecular complexity index is 1760. The fraction of sp³-hybridized carbons (Fsp3) is 0.200. The Labute approximate surface area is 254 Å². The highest BCUT2D eigenvalue weighted by molar-refractivity contribution is 5.47. The van der Waals surface area contributed by atoms with Gasteiger partial charge in [-0.25, -0.2) is 4.79 Å². The lowest BCUT2D eigenvalue weighted by Gasteiger charge is -2.37. The molecule has 44 heavy (non-hydrogen) atoms. The minimum Gasteiger partial charge on any atom is -0.358 e. The molecule has 6 rings (SSSR count). The molecule has 1 aromatic heterocycles. The van der Waals surface area contributed by atoms with Crippen LogP contribution in [0.1, 0.15) is 40.5 Å². The van der Waals surface area contributed by atoms with Crippen LogP contribution in [0.25, 0.3) is 10.4 Å². The summed E-state index contributed by atoms with van der Waals surface area (Å²) < 4.78 is 14.7. The molecule has 5 aromatic rings. The third kappa shape index (κ3) is 5.85. The predicted octanol–water partition coefficient (Wildman–Crippen LogP) is 6.10. The summed E-state index contributed by atoms with van der Waals surface area (Å²) >= 11 is 0. The van der Waals surface area contributed by atoms with E-state index in [0.717, 1.165) is 22.3 Å². The van der Waals surface area contributed by atoms with Crippen LogP contribution in [0, 0.1) is 0 Å². The van der Waals surface area contributed by atoms with Gasteiger partial charge in [0.2, 0.25) is 0 Å². The quantitative estimate of drug-likeness (QED) is 0.0921. The van der Waals surface area contributed by atoms with Gasteiger partial charge in [-0.3, -0.25) is 14.3 Å². The molecule has 1 aliphatic rings. The molecule has 4 aromatic carbocycles. The van der Waals surface area contributed by atoms with Crippen molar-refractivity contribution < 1.29 is 9.47 Å². The van der Waals surface area contributed by atoms with Gasteiger partial charge >= 0.3 is 5.69 Å². The van der Waals surface area contributed by atoms with Crippen molar-refractivity contribution in [2.24, 2.45) is 5.11 Å². The van der Waals surface area contributed by atoms with Crippen LogP contribution in [0.5, 0.6) is 0 Å². The minimum absolute atomic E-state index is 0.0633. The lowest BCUT2D eigenvalue weighted by molar-refractivity contribution is -0.0796. The molecule has 0 bridgehead atoms. The number of azide groups is 1. The number of nitrogens with zero attached hydrogens (tertiary/aromatic N) is 4. The molecule has 0 radical (unpaired) electrons. The largest absolute Gasteiger partial charge is 0.358 e. The molecule has 9 heteroatoms. The van der Waals surface area contributed by atoms with Crippen molar-refractivity contribution in [1.82, 2.24) is 9.55 Å². The monoisotopic (exact) mass is 585 g/mol. The summed E-state index contributed by atoms with van der Waals surface area (Å²) in [6.07, 6.45) is 0.699. The third-order valence-corrected chi connectivity index (χ3v) is 8.00.